The van der Waals surface area contributed by atoms with Crippen LogP contribution in [0.4, 0.5) is 0 Å². The van der Waals surface area contributed by atoms with E-state index in [4.69, 9.17) is 14.2 Å². The molecular weight excluding hydrogens is 380 g/mol. The van der Waals surface area contributed by atoms with Crippen molar-refractivity contribution < 1.29 is 24.1 Å². The minimum Gasteiger partial charge on any atom is -0.461 e. The van der Waals surface area contributed by atoms with Gasteiger partial charge in [-0.1, -0.05) is 45.9 Å². The summed E-state index contributed by atoms with van der Waals surface area (Å²) in [4.78, 5) is 12.6. The second-order valence-electron chi connectivity index (χ2n) is 9.70. The minimum atomic E-state index is -0.368. The standard InChI is InChI=1S/C25H40O5/c1-6-16(3)25(27)30-22-12-15(2)11-18-8-7-17(4)21(24(18)22)10-9-20-13-19(26)14-23(28-5)29-20/h7-8,11,15-17,19-24,26H,6,9-10,12-14H2,1-5H3/t15-,16?,17-,19-,20-,21-,22-,23+,24-/m1/s1. The maximum absolute atomic E-state index is 12.6. The maximum atomic E-state index is 12.6. The van der Waals surface area contributed by atoms with Crippen LogP contribution in [-0.4, -0.2) is 42.8 Å². The number of aliphatic hydroxyl groups excluding tert-OH is 1. The summed E-state index contributed by atoms with van der Waals surface area (Å²) in [5.74, 6) is 1.32. The third-order valence-corrected chi connectivity index (χ3v) is 7.31. The van der Waals surface area contributed by atoms with Crippen molar-refractivity contribution in [2.24, 2.45) is 29.6 Å². The molecule has 1 unspecified atom stereocenters. The van der Waals surface area contributed by atoms with Crippen molar-refractivity contribution in [1.29, 1.82) is 0 Å². The Morgan fingerprint density at radius 2 is 2.03 bits per heavy atom. The highest BCUT2D eigenvalue weighted by Crippen LogP contribution is 2.45. The molecule has 1 aliphatic heterocycles. The van der Waals surface area contributed by atoms with Crippen LogP contribution in [0.2, 0.25) is 0 Å². The van der Waals surface area contributed by atoms with Crippen LogP contribution in [0.3, 0.4) is 0 Å². The van der Waals surface area contributed by atoms with Gasteiger partial charge in [0.1, 0.15) is 6.10 Å². The van der Waals surface area contributed by atoms with E-state index < -0.39 is 0 Å². The fourth-order valence-corrected chi connectivity index (χ4v) is 5.32. The molecule has 1 N–H and O–H groups in total. The van der Waals surface area contributed by atoms with Gasteiger partial charge in [0.05, 0.1) is 18.1 Å². The largest absolute Gasteiger partial charge is 0.461 e. The molecule has 2 aliphatic carbocycles. The van der Waals surface area contributed by atoms with E-state index in [0.717, 1.165) is 25.7 Å². The van der Waals surface area contributed by atoms with Crippen LogP contribution in [-0.2, 0) is 19.0 Å². The van der Waals surface area contributed by atoms with E-state index in [-0.39, 0.29) is 42.4 Å². The van der Waals surface area contributed by atoms with Gasteiger partial charge in [0.2, 0.25) is 0 Å². The predicted octanol–water partition coefficient (Wildman–Crippen LogP) is 4.64. The number of hydrogen-bond acceptors (Lipinski definition) is 5. The van der Waals surface area contributed by atoms with E-state index in [1.165, 1.54) is 5.57 Å². The monoisotopic (exact) mass is 420 g/mol. The SMILES string of the molecule is CCC(C)C(=O)O[C@@H]1C[C@H](C)C=C2C=C[C@@H](C)[C@@H](CC[C@@H]3C[C@@H](O)C[C@@H](OC)O3)[C@@H]21. The Balaban J connectivity index is 1.73. The highest BCUT2D eigenvalue weighted by molar-refractivity contribution is 5.72. The Hall–Kier alpha value is -1.17. The first kappa shape index (κ1) is 23.5. The molecule has 1 fully saturated rings. The van der Waals surface area contributed by atoms with Gasteiger partial charge >= 0.3 is 5.97 Å². The molecule has 9 atom stereocenters. The molecule has 0 saturated carbocycles. The topological polar surface area (TPSA) is 65.0 Å². The van der Waals surface area contributed by atoms with Crippen LogP contribution in [0.15, 0.2) is 23.8 Å². The lowest BCUT2D eigenvalue weighted by atomic mass is 9.65. The number of esters is 1. The zero-order chi connectivity index (χ0) is 21.8. The van der Waals surface area contributed by atoms with Gasteiger partial charge in [0, 0.05) is 19.4 Å². The summed E-state index contributed by atoms with van der Waals surface area (Å²) in [7, 11) is 1.63. The Labute approximate surface area is 181 Å². The van der Waals surface area contributed by atoms with E-state index in [9.17, 15) is 9.90 Å². The van der Waals surface area contributed by atoms with E-state index in [1.807, 2.05) is 13.8 Å². The molecule has 0 spiro atoms. The summed E-state index contributed by atoms with van der Waals surface area (Å²) in [6.07, 6.45) is 10.9. The Bertz CT molecular complexity index is 641. The minimum absolute atomic E-state index is 0.00728. The van der Waals surface area contributed by atoms with Crippen molar-refractivity contribution >= 4 is 5.97 Å². The van der Waals surface area contributed by atoms with Crippen LogP contribution < -0.4 is 0 Å². The van der Waals surface area contributed by atoms with Crippen LogP contribution in [0.25, 0.3) is 0 Å². The van der Waals surface area contributed by atoms with Crippen LogP contribution in [0, 0.1) is 29.6 Å². The van der Waals surface area contributed by atoms with Gasteiger partial charge in [-0.2, -0.15) is 0 Å². The number of allylic oxidation sites excluding steroid dienone is 3. The summed E-state index contributed by atoms with van der Waals surface area (Å²) in [5, 5.41) is 10.2. The fourth-order valence-electron chi connectivity index (χ4n) is 5.32. The molecular formula is C25H40O5. The van der Waals surface area contributed by atoms with Crippen LogP contribution in [0.1, 0.15) is 66.2 Å². The molecule has 1 heterocycles. The fraction of sp³-hybridized carbons (Fsp3) is 0.800. The number of hydrogen-bond donors (Lipinski definition) is 1. The van der Waals surface area contributed by atoms with Crippen LogP contribution >= 0.6 is 0 Å². The Morgan fingerprint density at radius 3 is 2.73 bits per heavy atom. The normalized spacial score (nSPS) is 39.7. The Morgan fingerprint density at radius 1 is 1.27 bits per heavy atom. The molecule has 0 aromatic heterocycles. The molecule has 170 valence electrons. The lowest BCUT2D eigenvalue weighted by molar-refractivity contribution is -0.205. The first-order valence-electron chi connectivity index (χ1n) is 11.8. The Kier molecular flexibility index (Phi) is 8.17. The molecule has 3 aliphatic rings. The molecule has 0 radical (unpaired) electrons. The van der Waals surface area contributed by atoms with Gasteiger partial charge in [0.15, 0.2) is 6.29 Å². The molecule has 3 rings (SSSR count). The van der Waals surface area contributed by atoms with Gasteiger partial charge in [-0.3, -0.25) is 4.79 Å². The first-order chi connectivity index (χ1) is 14.3. The van der Waals surface area contributed by atoms with Crippen molar-refractivity contribution in [2.45, 2.75) is 90.8 Å². The number of rotatable bonds is 7. The zero-order valence-electron chi connectivity index (χ0n) is 19.3. The average molecular weight is 421 g/mol. The molecule has 0 amide bonds. The second-order valence-corrected chi connectivity index (χ2v) is 9.70. The molecule has 1 saturated heterocycles. The van der Waals surface area contributed by atoms with Crippen molar-refractivity contribution in [3.05, 3.63) is 23.8 Å². The number of methoxy groups -OCH3 is 1. The summed E-state index contributed by atoms with van der Waals surface area (Å²) in [5.41, 5.74) is 1.32. The van der Waals surface area contributed by atoms with E-state index in [1.54, 1.807) is 7.11 Å². The highest BCUT2D eigenvalue weighted by Gasteiger charge is 2.42. The zero-order valence-corrected chi connectivity index (χ0v) is 19.3. The third-order valence-electron chi connectivity index (χ3n) is 7.31. The predicted molar refractivity (Wildman–Crippen MR) is 117 cm³/mol. The van der Waals surface area contributed by atoms with Gasteiger partial charge in [-0.15, -0.1) is 0 Å². The number of ether oxygens (including phenoxy) is 3. The van der Waals surface area contributed by atoms with Crippen LogP contribution in [0.5, 0.6) is 0 Å². The van der Waals surface area contributed by atoms with Gasteiger partial charge in [-0.05, 0) is 55.4 Å². The maximum Gasteiger partial charge on any atom is 0.308 e. The van der Waals surface area contributed by atoms with E-state index in [2.05, 4.69) is 32.1 Å². The van der Waals surface area contributed by atoms with E-state index >= 15 is 0 Å². The number of carbonyl (C=O) groups is 1. The molecule has 0 aromatic rings. The van der Waals surface area contributed by atoms with E-state index in [0.29, 0.717) is 30.6 Å². The molecule has 0 bridgehead atoms. The lowest BCUT2D eigenvalue weighted by Gasteiger charge is -2.43. The first-order valence-corrected chi connectivity index (χ1v) is 11.8. The molecule has 5 nitrogen and oxygen atoms in total. The number of carbonyl (C=O) groups excluding carboxylic acids is 1. The number of aliphatic hydroxyl groups is 1. The van der Waals surface area contributed by atoms with Gasteiger partial charge < -0.3 is 19.3 Å². The summed E-state index contributed by atoms with van der Waals surface area (Å²) < 4.78 is 17.5. The summed E-state index contributed by atoms with van der Waals surface area (Å²) >= 11 is 0. The highest BCUT2D eigenvalue weighted by atomic mass is 16.7. The van der Waals surface area contributed by atoms with Crippen molar-refractivity contribution in [3.8, 4) is 0 Å². The third kappa shape index (κ3) is 5.54. The smallest absolute Gasteiger partial charge is 0.308 e. The van der Waals surface area contributed by atoms with Crippen molar-refractivity contribution in [2.75, 3.05) is 7.11 Å². The summed E-state index contributed by atoms with van der Waals surface area (Å²) in [6, 6.07) is 0. The summed E-state index contributed by atoms with van der Waals surface area (Å²) in [6.45, 7) is 8.44. The van der Waals surface area contributed by atoms with Crippen molar-refractivity contribution in [1.82, 2.24) is 0 Å². The molecule has 5 heteroatoms. The average Bonchev–Trinajstić information content (AvgIpc) is 2.71. The van der Waals surface area contributed by atoms with Gasteiger partial charge in [0.25, 0.3) is 0 Å². The number of fused-ring (bicyclic) bond motifs is 1. The quantitative estimate of drug-likeness (QED) is 0.608. The lowest BCUT2D eigenvalue weighted by Crippen LogP contribution is -2.42. The van der Waals surface area contributed by atoms with Crippen molar-refractivity contribution in [3.63, 3.8) is 0 Å². The van der Waals surface area contributed by atoms with Gasteiger partial charge in [-0.25, -0.2) is 0 Å². The molecule has 30 heavy (non-hydrogen) atoms. The second kappa shape index (κ2) is 10.4. The molecule has 0 aromatic carbocycles.